The van der Waals surface area contributed by atoms with Crippen LogP contribution >= 0.6 is 0 Å². The predicted molar refractivity (Wildman–Crippen MR) is 122 cm³/mol. The molecule has 176 valence electrons. The van der Waals surface area contributed by atoms with Crippen LogP contribution in [0.5, 0.6) is 0 Å². The molecule has 0 amide bonds. The lowest BCUT2D eigenvalue weighted by atomic mass is 10.1. The van der Waals surface area contributed by atoms with Crippen molar-refractivity contribution in [1.29, 1.82) is 0 Å². The molecule has 0 spiro atoms. The molecular weight excluding hydrogens is 429 g/mol. The van der Waals surface area contributed by atoms with Crippen molar-refractivity contribution >= 4 is 16.8 Å². The fourth-order valence-corrected chi connectivity index (χ4v) is 4.49. The number of alkyl halides is 3. The number of aryl methyl sites for hydroxylation is 1. The van der Waals surface area contributed by atoms with E-state index < -0.39 is 12.0 Å². The monoisotopic (exact) mass is 458 g/mol. The highest BCUT2D eigenvalue weighted by molar-refractivity contribution is 6.10. The maximum Gasteiger partial charge on any atom is 0.454 e. The Morgan fingerprint density at radius 1 is 0.909 bits per heavy atom. The smallest absolute Gasteiger partial charge is 0.332 e. The maximum atomic E-state index is 13.0. The second-order valence-corrected chi connectivity index (χ2v) is 8.56. The van der Waals surface area contributed by atoms with Crippen molar-refractivity contribution in [1.82, 2.24) is 19.4 Å². The molecule has 2 aromatic heterocycles. The molecule has 0 atom stereocenters. The Kier molecular flexibility index (Phi) is 7.45. The third kappa shape index (κ3) is 6.00. The van der Waals surface area contributed by atoms with Gasteiger partial charge < -0.3 is 14.4 Å². The standard InChI is InChI=1S/C25H29F3N4O/c26-25(27,28)23(33)22-19-32(24-21(22)9-4-11-29-24)15-6-14-30-12-5-13-31(18-17-30)16-10-20-7-2-1-3-8-20/h1-4,7-9,11,19H,5-6,10,12-18H2. The van der Waals surface area contributed by atoms with Crippen molar-refractivity contribution in [2.24, 2.45) is 0 Å². The number of fused-ring (bicyclic) bond motifs is 1. The molecule has 1 saturated heterocycles. The number of pyridine rings is 1. The quantitative estimate of drug-likeness (QED) is 0.469. The van der Waals surface area contributed by atoms with Crippen molar-refractivity contribution in [2.45, 2.75) is 32.0 Å². The molecule has 33 heavy (non-hydrogen) atoms. The second-order valence-electron chi connectivity index (χ2n) is 8.56. The highest BCUT2D eigenvalue weighted by Crippen LogP contribution is 2.27. The van der Waals surface area contributed by atoms with Crippen LogP contribution in [0.3, 0.4) is 0 Å². The zero-order valence-electron chi connectivity index (χ0n) is 18.6. The van der Waals surface area contributed by atoms with Gasteiger partial charge in [-0.3, -0.25) is 4.79 Å². The predicted octanol–water partition coefficient (Wildman–Crippen LogP) is 4.42. The zero-order valence-corrected chi connectivity index (χ0v) is 18.6. The minimum Gasteiger partial charge on any atom is -0.332 e. The topological polar surface area (TPSA) is 41.4 Å². The van der Waals surface area contributed by atoms with Crippen LogP contribution in [0.15, 0.2) is 54.9 Å². The van der Waals surface area contributed by atoms with Crippen molar-refractivity contribution in [3.8, 4) is 0 Å². The largest absolute Gasteiger partial charge is 0.454 e. The summed E-state index contributed by atoms with van der Waals surface area (Å²) in [6.07, 6.45) is 0.888. The molecule has 1 fully saturated rings. The van der Waals surface area contributed by atoms with Crippen LogP contribution in [0.25, 0.3) is 11.0 Å². The van der Waals surface area contributed by atoms with Gasteiger partial charge in [0.1, 0.15) is 5.65 Å². The molecule has 3 heterocycles. The molecule has 5 nitrogen and oxygen atoms in total. The summed E-state index contributed by atoms with van der Waals surface area (Å²) in [6, 6.07) is 13.6. The summed E-state index contributed by atoms with van der Waals surface area (Å²) >= 11 is 0. The van der Waals surface area contributed by atoms with E-state index in [2.05, 4.69) is 39.0 Å². The van der Waals surface area contributed by atoms with Crippen LogP contribution in [-0.4, -0.2) is 70.6 Å². The Hall–Kier alpha value is -2.71. The molecule has 0 unspecified atom stereocenters. The van der Waals surface area contributed by atoms with Gasteiger partial charge in [0, 0.05) is 44.0 Å². The second kappa shape index (κ2) is 10.5. The SMILES string of the molecule is O=C(c1cn(CCCN2CCCN(CCc3ccccc3)CC2)c2ncccc12)C(F)(F)F. The number of hydrogen-bond acceptors (Lipinski definition) is 4. The molecule has 1 aromatic carbocycles. The first-order chi connectivity index (χ1) is 15.9. The Bertz CT molecular complexity index is 1060. The fraction of sp³-hybridized carbons (Fsp3) is 0.440. The van der Waals surface area contributed by atoms with E-state index in [0.717, 1.165) is 58.5 Å². The average Bonchev–Trinajstić information content (AvgIpc) is 3.01. The van der Waals surface area contributed by atoms with Crippen LogP contribution in [0, 0.1) is 0 Å². The van der Waals surface area contributed by atoms with Crippen LogP contribution in [0.1, 0.15) is 28.8 Å². The number of hydrogen-bond donors (Lipinski definition) is 0. The summed E-state index contributed by atoms with van der Waals surface area (Å²) in [6.45, 7) is 6.54. The van der Waals surface area contributed by atoms with E-state index in [1.165, 1.54) is 17.8 Å². The third-order valence-corrected chi connectivity index (χ3v) is 6.25. The maximum absolute atomic E-state index is 13.0. The van der Waals surface area contributed by atoms with E-state index in [0.29, 0.717) is 12.2 Å². The van der Waals surface area contributed by atoms with Gasteiger partial charge in [0.25, 0.3) is 5.78 Å². The number of benzene rings is 1. The van der Waals surface area contributed by atoms with Gasteiger partial charge in [-0.15, -0.1) is 0 Å². The molecular formula is C25H29F3N4O. The van der Waals surface area contributed by atoms with E-state index in [4.69, 9.17) is 0 Å². The van der Waals surface area contributed by atoms with Crippen molar-refractivity contribution in [3.63, 3.8) is 0 Å². The number of carbonyl (C=O) groups is 1. The summed E-state index contributed by atoms with van der Waals surface area (Å²) in [5.41, 5.74) is 1.46. The third-order valence-electron chi connectivity index (χ3n) is 6.25. The number of ketones is 1. The highest BCUT2D eigenvalue weighted by Gasteiger charge is 2.41. The van der Waals surface area contributed by atoms with Gasteiger partial charge in [0.2, 0.25) is 0 Å². The Balaban J connectivity index is 1.30. The number of rotatable bonds is 8. The Morgan fingerprint density at radius 2 is 1.64 bits per heavy atom. The molecule has 1 aliphatic rings. The van der Waals surface area contributed by atoms with E-state index in [1.807, 2.05) is 6.07 Å². The van der Waals surface area contributed by atoms with Gasteiger partial charge in [0.15, 0.2) is 0 Å². The van der Waals surface area contributed by atoms with E-state index in [9.17, 15) is 18.0 Å². The summed E-state index contributed by atoms with van der Waals surface area (Å²) in [4.78, 5) is 21.0. The molecule has 1 aliphatic heterocycles. The average molecular weight is 459 g/mol. The van der Waals surface area contributed by atoms with E-state index in [-0.39, 0.29) is 10.9 Å². The van der Waals surface area contributed by atoms with E-state index >= 15 is 0 Å². The molecule has 4 rings (SSSR count). The minimum atomic E-state index is -4.90. The fourth-order valence-electron chi connectivity index (χ4n) is 4.49. The number of Topliss-reactive ketones (excluding diaryl/α,β-unsaturated/α-hetero) is 1. The van der Waals surface area contributed by atoms with Gasteiger partial charge >= 0.3 is 6.18 Å². The van der Waals surface area contributed by atoms with Gasteiger partial charge in [-0.25, -0.2) is 4.98 Å². The molecule has 3 aromatic rings. The Labute approximate surface area is 191 Å². The van der Waals surface area contributed by atoms with Crippen LogP contribution < -0.4 is 0 Å². The molecule has 0 radical (unpaired) electrons. The Morgan fingerprint density at radius 3 is 2.36 bits per heavy atom. The summed E-state index contributed by atoms with van der Waals surface area (Å²) in [7, 11) is 0. The van der Waals surface area contributed by atoms with Crippen LogP contribution in [0.2, 0.25) is 0 Å². The molecule has 0 N–H and O–H groups in total. The van der Waals surface area contributed by atoms with Gasteiger partial charge in [0.05, 0.1) is 5.56 Å². The lowest BCUT2D eigenvalue weighted by molar-refractivity contribution is -0.0884. The number of carbonyl (C=O) groups excluding carboxylic acids is 1. The summed E-state index contributed by atoms with van der Waals surface area (Å²) in [5, 5.41) is 0.253. The molecule has 0 saturated carbocycles. The summed E-state index contributed by atoms with van der Waals surface area (Å²) < 4.78 is 40.7. The van der Waals surface area contributed by atoms with Gasteiger partial charge in [-0.1, -0.05) is 30.3 Å². The highest BCUT2D eigenvalue weighted by atomic mass is 19.4. The lowest BCUT2D eigenvalue weighted by Gasteiger charge is -2.22. The van der Waals surface area contributed by atoms with Gasteiger partial charge in [-0.05, 0) is 56.6 Å². The first-order valence-corrected chi connectivity index (χ1v) is 11.5. The molecule has 0 aliphatic carbocycles. The zero-order chi connectivity index (χ0) is 23.3. The summed E-state index contributed by atoms with van der Waals surface area (Å²) in [5.74, 6) is -1.82. The molecule has 8 heteroatoms. The number of aromatic nitrogens is 2. The first kappa shape index (κ1) is 23.4. The molecule has 0 bridgehead atoms. The normalized spacial score (nSPS) is 16.2. The van der Waals surface area contributed by atoms with Gasteiger partial charge in [-0.2, -0.15) is 13.2 Å². The van der Waals surface area contributed by atoms with Crippen molar-refractivity contribution in [3.05, 3.63) is 66.0 Å². The first-order valence-electron chi connectivity index (χ1n) is 11.5. The minimum absolute atomic E-state index is 0.253. The van der Waals surface area contributed by atoms with Crippen molar-refractivity contribution < 1.29 is 18.0 Å². The van der Waals surface area contributed by atoms with E-state index in [1.54, 1.807) is 16.8 Å². The number of halogens is 3. The number of nitrogens with zero attached hydrogens (tertiary/aromatic N) is 4. The van der Waals surface area contributed by atoms with Crippen LogP contribution in [0.4, 0.5) is 13.2 Å². The van der Waals surface area contributed by atoms with Crippen molar-refractivity contribution in [2.75, 3.05) is 39.3 Å². The van der Waals surface area contributed by atoms with Crippen LogP contribution in [-0.2, 0) is 13.0 Å². The lowest BCUT2D eigenvalue weighted by Crippen LogP contribution is -2.32.